The van der Waals surface area contributed by atoms with Gasteiger partial charge in [0.15, 0.2) is 11.6 Å². The van der Waals surface area contributed by atoms with Crippen molar-refractivity contribution in [3.63, 3.8) is 0 Å². The van der Waals surface area contributed by atoms with Crippen LogP contribution in [0.5, 0.6) is 0 Å². The van der Waals surface area contributed by atoms with E-state index in [2.05, 4.69) is 5.32 Å². The largest absolute Gasteiger partial charge is 0.381 e. The Kier molecular flexibility index (Phi) is 4.16. The summed E-state index contributed by atoms with van der Waals surface area (Å²) in [5.41, 5.74) is 6.32. The summed E-state index contributed by atoms with van der Waals surface area (Å²) in [6, 6.07) is 5.95. The number of nitrogens with one attached hydrogen (secondary N) is 1. The van der Waals surface area contributed by atoms with E-state index in [1.807, 2.05) is 0 Å². The highest BCUT2D eigenvalue weighted by Gasteiger charge is 2.10. The number of nitrogens with two attached hydrogens (primary N) is 1. The van der Waals surface area contributed by atoms with Crippen molar-refractivity contribution in [1.29, 1.82) is 0 Å². The smallest absolute Gasteiger partial charge is 0.248 e. The van der Waals surface area contributed by atoms with E-state index in [0.29, 0.717) is 16.8 Å². The predicted octanol–water partition coefficient (Wildman–Crippen LogP) is 3.12. The molecule has 2 rings (SSSR count). The van der Waals surface area contributed by atoms with Crippen LogP contribution in [0.1, 0.15) is 21.5 Å². The molecule has 3 N–H and O–H groups in total. The fourth-order valence-corrected chi connectivity index (χ4v) is 1.85. The summed E-state index contributed by atoms with van der Waals surface area (Å²) in [6.45, 7) is 1.69. The Bertz CT molecular complexity index is 702. The Morgan fingerprint density at radius 3 is 2.43 bits per heavy atom. The molecule has 0 atom stereocenters. The average molecular weight is 294 g/mol. The van der Waals surface area contributed by atoms with E-state index < -0.39 is 23.4 Å². The van der Waals surface area contributed by atoms with Crippen LogP contribution < -0.4 is 11.1 Å². The summed E-state index contributed by atoms with van der Waals surface area (Å²) < 4.78 is 39.6. The number of halogens is 3. The highest BCUT2D eigenvalue weighted by atomic mass is 19.2. The van der Waals surface area contributed by atoms with E-state index in [4.69, 9.17) is 5.73 Å². The molecule has 1 amide bonds. The van der Waals surface area contributed by atoms with Gasteiger partial charge in [-0.2, -0.15) is 0 Å². The van der Waals surface area contributed by atoms with Gasteiger partial charge in [0.2, 0.25) is 5.91 Å². The Morgan fingerprint density at radius 2 is 1.81 bits per heavy atom. The van der Waals surface area contributed by atoms with Crippen molar-refractivity contribution in [3.8, 4) is 0 Å². The molecule has 0 saturated heterocycles. The number of anilines is 1. The van der Waals surface area contributed by atoms with E-state index in [1.54, 1.807) is 0 Å². The van der Waals surface area contributed by atoms with Crippen LogP contribution in [0.4, 0.5) is 18.9 Å². The number of primary amides is 1. The molecule has 0 spiro atoms. The Hall–Kier alpha value is -2.50. The predicted molar refractivity (Wildman–Crippen MR) is 73.3 cm³/mol. The molecule has 0 aliphatic carbocycles. The third-order valence-electron chi connectivity index (χ3n) is 3.10. The zero-order valence-electron chi connectivity index (χ0n) is 11.2. The highest BCUT2D eigenvalue weighted by Crippen LogP contribution is 2.21. The van der Waals surface area contributed by atoms with Crippen molar-refractivity contribution >= 4 is 11.6 Å². The van der Waals surface area contributed by atoms with Crippen molar-refractivity contribution in [2.75, 3.05) is 5.32 Å². The number of rotatable bonds is 4. The first kappa shape index (κ1) is 14.9. The zero-order valence-corrected chi connectivity index (χ0v) is 11.2. The first-order valence-electron chi connectivity index (χ1n) is 6.16. The molecule has 0 aromatic heterocycles. The summed E-state index contributed by atoms with van der Waals surface area (Å²) in [4.78, 5) is 11.1. The second-order valence-electron chi connectivity index (χ2n) is 4.60. The van der Waals surface area contributed by atoms with Gasteiger partial charge < -0.3 is 11.1 Å². The van der Waals surface area contributed by atoms with Crippen LogP contribution in [0.15, 0.2) is 30.3 Å². The Labute approximate surface area is 119 Å². The maximum absolute atomic E-state index is 13.7. The lowest BCUT2D eigenvalue weighted by molar-refractivity contribution is 0.1000. The Morgan fingerprint density at radius 1 is 1.10 bits per heavy atom. The first-order valence-corrected chi connectivity index (χ1v) is 6.16. The molecule has 0 aliphatic rings. The van der Waals surface area contributed by atoms with Crippen molar-refractivity contribution in [2.24, 2.45) is 5.73 Å². The standard InChI is InChI=1S/C15H13F3N2O/c1-8-12(17)5-10(15(19)21)6-14(8)20-7-9-2-3-11(16)13(18)4-9/h2-6,20H,7H2,1H3,(H2,19,21). The van der Waals surface area contributed by atoms with E-state index in [-0.39, 0.29) is 12.1 Å². The number of hydrogen-bond donors (Lipinski definition) is 2. The fourth-order valence-electron chi connectivity index (χ4n) is 1.85. The minimum absolute atomic E-state index is 0.0332. The van der Waals surface area contributed by atoms with Gasteiger partial charge in [0.25, 0.3) is 0 Å². The van der Waals surface area contributed by atoms with Gasteiger partial charge in [-0.1, -0.05) is 6.07 Å². The summed E-state index contributed by atoms with van der Waals surface area (Å²) in [5, 5.41) is 2.88. The number of hydrogen-bond acceptors (Lipinski definition) is 2. The zero-order chi connectivity index (χ0) is 15.6. The van der Waals surface area contributed by atoms with Gasteiger partial charge >= 0.3 is 0 Å². The molecular formula is C15H13F3N2O. The third-order valence-corrected chi connectivity index (χ3v) is 3.10. The molecule has 2 aromatic rings. The lowest BCUT2D eigenvalue weighted by Crippen LogP contribution is -2.13. The van der Waals surface area contributed by atoms with Gasteiger partial charge in [-0.25, -0.2) is 13.2 Å². The molecule has 21 heavy (non-hydrogen) atoms. The highest BCUT2D eigenvalue weighted by molar-refractivity contribution is 5.94. The molecular weight excluding hydrogens is 281 g/mol. The molecule has 0 radical (unpaired) electrons. The quantitative estimate of drug-likeness (QED) is 0.910. The number of carbonyl (C=O) groups excluding carboxylic acids is 1. The molecule has 6 heteroatoms. The molecule has 3 nitrogen and oxygen atoms in total. The Balaban J connectivity index is 2.23. The number of carbonyl (C=O) groups is 1. The van der Waals surface area contributed by atoms with Crippen LogP contribution in [0.3, 0.4) is 0 Å². The summed E-state index contributed by atoms with van der Waals surface area (Å²) in [5.74, 6) is -3.20. The normalized spacial score (nSPS) is 10.5. The van der Waals surface area contributed by atoms with Gasteiger partial charge in [0.1, 0.15) is 5.82 Å². The molecule has 0 aliphatic heterocycles. The van der Waals surface area contributed by atoms with E-state index >= 15 is 0 Å². The SMILES string of the molecule is Cc1c(F)cc(C(N)=O)cc1NCc1ccc(F)c(F)c1. The molecule has 0 saturated carbocycles. The second-order valence-corrected chi connectivity index (χ2v) is 4.60. The van der Waals surface area contributed by atoms with Crippen molar-refractivity contribution in [3.05, 3.63) is 64.5 Å². The molecule has 110 valence electrons. The maximum atomic E-state index is 13.7. The van der Waals surface area contributed by atoms with Crippen LogP contribution in [-0.4, -0.2) is 5.91 Å². The van der Waals surface area contributed by atoms with E-state index in [0.717, 1.165) is 18.2 Å². The van der Waals surface area contributed by atoms with Crippen LogP contribution in [0.25, 0.3) is 0 Å². The molecule has 0 fully saturated rings. The fraction of sp³-hybridized carbons (Fsp3) is 0.133. The monoisotopic (exact) mass is 294 g/mol. The third kappa shape index (κ3) is 3.34. The van der Waals surface area contributed by atoms with Crippen LogP contribution in [0, 0.1) is 24.4 Å². The van der Waals surface area contributed by atoms with Gasteiger partial charge in [0, 0.05) is 23.4 Å². The van der Waals surface area contributed by atoms with Crippen molar-refractivity contribution in [1.82, 2.24) is 0 Å². The summed E-state index contributed by atoms with van der Waals surface area (Å²) in [7, 11) is 0. The molecule has 0 unspecified atom stereocenters. The van der Waals surface area contributed by atoms with Crippen LogP contribution >= 0.6 is 0 Å². The van der Waals surface area contributed by atoms with Crippen LogP contribution in [0.2, 0.25) is 0 Å². The second kappa shape index (κ2) is 5.87. The van der Waals surface area contributed by atoms with Crippen molar-refractivity contribution in [2.45, 2.75) is 13.5 Å². The maximum Gasteiger partial charge on any atom is 0.248 e. The lowest BCUT2D eigenvalue weighted by atomic mass is 10.1. The summed E-state index contributed by atoms with van der Waals surface area (Å²) >= 11 is 0. The first-order chi connectivity index (χ1) is 9.88. The number of benzene rings is 2. The minimum atomic E-state index is -0.955. The van der Waals surface area contributed by atoms with E-state index in [1.165, 1.54) is 19.1 Å². The molecule has 2 aromatic carbocycles. The van der Waals surface area contributed by atoms with Crippen LogP contribution in [-0.2, 0) is 6.54 Å². The average Bonchev–Trinajstić information content (AvgIpc) is 2.43. The minimum Gasteiger partial charge on any atom is -0.381 e. The van der Waals surface area contributed by atoms with E-state index in [9.17, 15) is 18.0 Å². The van der Waals surface area contributed by atoms with Gasteiger partial charge in [-0.15, -0.1) is 0 Å². The topological polar surface area (TPSA) is 55.1 Å². The van der Waals surface area contributed by atoms with Gasteiger partial charge in [-0.3, -0.25) is 4.79 Å². The lowest BCUT2D eigenvalue weighted by Gasteiger charge is -2.12. The van der Waals surface area contributed by atoms with Gasteiger partial charge in [0.05, 0.1) is 0 Å². The molecule has 0 bridgehead atoms. The summed E-state index contributed by atoms with van der Waals surface area (Å²) in [6.07, 6.45) is 0. The van der Waals surface area contributed by atoms with Gasteiger partial charge in [-0.05, 0) is 36.8 Å². The van der Waals surface area contributed by atoms with Crippen molar-refractivity contribution < 1.29 is 18.0 Å². The number of amides is 1. The molecule has 0 heterocycles.